The van der Waals surface area contributed by atoms with E-state index >= 15 is 0 Å². The predicted molar refractivity (Wildman–Crippen MR) is 78.9 cm³/mol. The lowest BCUT2D eigenvalue weighted by Crippen LogP contribution is -2.11. The highest BCUT2D eigenvalue weighted by Crippen LogP contribution is 2.15. The van der Waals surface area contributed by atoms with Gasteiger partial charge in [-0.2, -0.15) is 0 Å². The van der Waals surface area contributed by atoms with Crippen molar-refractivity contribution < 1.29 is 4.79 Å². The smallest absolute Gasteiger partial charge is 0.244 e. The number of allylic oxidation sites excluding steroid dienone is 9. The lowest BCUT2D eigenvalue weighted by molar-refractivity contribution is -0.114. The summed E-state index contributed by atoms with van der Waals surface area (Å²) in [4.78, 5) is 11.0. The lowest BCUT2D eigenvalue weighted by Gasteiger charge is -2.04. The van der Waals surface area contributed by atoms with Gasteiger partial charge in [0, 0.05) is 5.57 Å². The van der Waals surface area contributed by atoms with Gasteiger partial charge in [-0.25, -0.2) is 0 Å². The molecule has 18 heavy (non-hydrogen) atoms. The van der Waals surface area contributed by atoms with Crippen molar-refractivity contribution >= 4 is 5.91 Å². The first-order chi connectivity index (χ1) is 8.42. The Bertz CT molecular complexity index is 459. The Morgan fingerprint density at radius 1 is 1.22 bits per heavy atom. The number of rotatable bonds is 6. The molecule has 0 aromatic carbocycles. The fourth-order valence-electron chi connectivity index (χ4n) is 1.29. The molecule has 0 aromatic rings. The van der Waals surface area contributed by atoms with Crippen LogP contribution in [0.25, 0.3) is 0 Å². The normalized spacial score (nSPS) is 13.8. The molecule has 0 atom stereocenters. The standard InChI is InChI=1S/C16H21NO/c1-6-8-9-12(3)10-13(4)15(7-2)11-14(5)16(17)18/h6-11H,1,4H2,2-3,5H3,(H2,17,18). The molecule has 96 valence electrons. The molecule has 2 heteroatoms. The highest BCUT2D eigenvalue weighted by molar-refractivity contribution is 5.92. The molecule has 0 bridgehead atoms. The average molecular weight is 243 g/mol. The first kappa shape index (κ1) is 15.9. The maximum Gasteiger partial charge on any atom is 0.244 e. The predicted octanol–water partition coefficient (Wildman–Crippen LogP) is 3.61. The molecule has 2 nitrogen and oxygen atoms in total. The van der Waals surface area contributed by atoms with E-state index in [-0.39, 0.29) is 0 Å². The van der Waals surface area contributed by atoms with E-state index in [0.717, 1.165) is 16.7 Å². The summed E-state index contributed by atoms with van der Waals surface area (Å²) < 4.78 is 0. The van der Waals surface area contributed by atoms with Crippen LogP contribution in [0.2, 0.25) is 0 Å². The first-order valence-corrected chi connectivity index (χ1v) is 5.73. The molecule has 1 amide bonds. The van der Waals surface area contributed by atoms with Crippen LogP contribution in [-0.4, -0.2) is 5.91 Å². The van der Waals surface area contributed by atoms with Gasteiger partial charge in [0.1, 0.15) is 0 Å². The molecular weight excluding hydrogens is 222 g/mol. The second-order valence-corrected chi connectivity index (χ2v) is 3.94. The second kappa shape index (κ2) is 8.07. The Hall–Kier alpha value is -2.09. The lowest BCUT2D eigenvalue weighted by atomic mass is 10.0. The number of primary amides is 1. The summed E-state index contributed by atoms with van der Waals surface area (Å²) in [5, 5.41) is 0. The molecule has 0 unspecified atom stereocenters. The molecule has 0 fully saturated rings. The molecule has 0 saturated heterocycles. The van der Waals surface area contributed by atoms with E-state index in [1.54, 1.807) is 19.1 Å². The van der Waals surface area contributed by atoms with E-state index in [0.29, 0.717) is 5.57 Å². The van der Waals surface area contributed by atoms with Crippen LogP contribution >= 0.6 is 0 Å². The van der Waals surface area contributed by atoms with E-state index in [4.69, 9.17) is 5.73 Å². The van der Waals surface area contributed by atoms with Crippen LogP contribution in [0.5, 0.6) is 0 Å². The molecule has 0 saturated carbocycles. The van der Waals surface area contributed by atoms with Crippen molar-refractivity contribution in [2.45, 2.75) is 20.8 Å². The Balaban J connectivity index is 5.08. The minimum Gasteiger partial charge on any atom is -0.366 e. The van der Waals surface area contributed by atoms with Gasteiger partial charge in [-0.15, -0.1) is 0 Å². The number of amides is 1. The van der Waals surface area contributed by atoms with E-state index < -0.39 is 5.91 Å². The summed E-state index contributed by atoms with van der Waals surface area (Å²) in [6.07, 6.45) is 11.1. The fraction of sp³-hybridized carbons (Fsp3) is 0.188. The van der Waals surface area contributed by atoms with Crippen LogP contribution in [0.4, 0.5) is 0 Å². The molecule has 0 rings (SSSR count). The van der Waals surface area contributed by atoms with Gasteiger partial charge in [0.25, 0.3) is 0 Å². The van der Waals surface area contributed by atoms with Crippen LogP contribution in [0.15, 0.2) is 71.9 Å². The number of carbonyl (C=O) groups excluding carboxylic acids is 1. The van der Waals surface area contributed by atoms with E-state index in [2.05, 4.69) is 13.2 Å². The average Bonchev–Trinajstić information content (AvgIpc) is 2.32. The Labute approximate surface area is 110 Å². The third-order valence-electron chi connectivity index (χ3n) is 2.34. The minimum atomic E-state index is -0.422. The van der Waals surface area contributed by atoms with Gasteiger partial charge in [0.05, 0.1) is 0 Å². The monoisotopic (exact) mass is 243 g/mol. The Morgan fingerprint density at radius 3 is 2.28 bits per heavy atom. The molecule has 2 N–H and O–H groups in total. The number of nitrogens with two attached hydrogens (primary N) is 1. The largest absolute Gasteiger partial charge is 0.366 e. The van der Waals surface area contributed by atoms with Crippen LogP contribution in [0.3, 0.4) is 0 Å². The molecule has 0 aliphatic rings. The van der Waals surface area contributed by atoms with Crippen LogP contribution in [0.1, 0.15) is 20.8 Å². The quantitative estimate of drug-likeness (QED) is 0.562. The van der Waals surface area contributed by atoms with Gasteiger partial charge in [-0.3, -0.25) is 4.79 Å². The zero-order valence-corrected chi connectivity index (χ0v) is 11.4. The third kappa shape index (κ3) is 5.85. The Morgan fingerprint density at radius 2 is 1.83 bits per heavy atom. The third-order valence-corrected chi connectivity index (χ3v) is 2.34. The van der Waals surface area contributed by atoms with Crippen LogP contribution in [0, 0.1) is 0 Å². The highest BCUT2D eigenvalue weighted by Gasteiger charge is 2.01. The zero-order chi connectivity index (χ0) is 14.1. The van der Waals surface area contributed by atoms with Crippen molar-refractivity contribution in [3.63, 3.8) is 0 Å². The van der Waals surface area contributed by atoms with Gasteiger partial charge in [0.2, 0.25) is 5.91 Å². The van der Waals surface area contributed by atoms with Crippen molar-refractivity contribution in [3.8, 4) is 0 Å². The summed E-state index contributed by atoms with van der Waals surface area (Å²) in [6, 6.07) is 0. The number of hydrogen-bond donors (Lipinski definition) is 1. The molecule has 0 spiro atoms. The summed E-state index contributed by atoms with van der Waals surface area (Å²) >= 11 is 0. The van der Waals surface area contributed by atoms with Crippen molar-refractivity contribution in [1.29, 1.82) is 0 Å². The zero-order valence-electron chi connectivity index (χ0n) is 11.4. The summed E-state index contributed by atoms with van der Waals surface area (Å²) in [5.74, 6) is -0.422. The van der Waals surface area contributed by atoms with Crippen molar-refractivity contribution in [2.24, 2.45) is 5.73 Å². The molecule has 0 heterocycles. The molecule has 0 radical (unpaired) electrons. The topological polar surface area (TPSA) is 43.1 Å². The SMILES string of the molecule is C=CC=CC(C)=CC(=C)C(C=C(C)C(N)=O)=CC. The van der Waals surface area contributed by atoms with Crippen molar-refractivity contribution in [3.05, 3.63) is 71.9 Å². The maximum absolute atomic E-state index is 11.0. The van der Waals surface area contributed by atoms with Gasteiger partial charge in [0.15, 0.2) is 0 Å². The van der Waals surface area contributed by atoms with Gasteiger partial charge < -0.3 is 5.73 Å². The molecular formula is C16H21NO. The highest BCUT2D eigenvalue weighted by atomic mass is 16.1. The van der Waals surface area contributed by atoms with Gasteiger partial charge in [-0.05, 0) is 38.0 Å². The Kier molecular flexibility index (Phi) is 7.13. The summed E-state index contributed by atoms with van der Waals surface area (Å²) in [6.45, 7) is 13.2. The summed E-state index contributed by atoms with van der Waals surface area (Å²) in [7, 11) is 0. The van der Waals surface area contributed by atoms with Gasteiger partial charge >= 0.3 is 0 Å². The van der Waals surface area contributed by atoms with Crippen LogP contribution in [-0.2, 0) is 4.79 Å². The minimum absolute atomic E-state index is 0.422. The van der Waals surface area contributed by atoms with Crippen LogP contribution < -0.4 is 5.73 Å². The number of carbonyl (C=O) groups is 1. The van der Waals surface area contributed by atoms with Crippen molar-refractivity contribution in [1.82, 2.24) is 0 Å². The van der Waals surface area contributed by atoms with E-state index in [9.17, 15) is 4.79 Å². The van der Waals surface area contributed by atoms with Gasteiger partial charge in [-0.1, -0.05) is 49.1 Å². The number of hydrogen-bond acceptors (Lipinski definition) is 1. The first-order valence-electron chi connectivity index (χ1n) is 5.73. The summed E-state index contributed by atoms with van der Waals surface area (Å²) in [5.41, 5.74) is 8.50. The van der Waals surface area contributed by atoms with E-state index in [1.807, 2.05) is 38.2 Å². The molecule has 0 aromatic heterocycles. The van der Waals surface area contributed by atoms with Crippen molar-refractivity contribution in [2.75, 3.05) is 0 Å². The molecule has 0 aliphatic heterocycles. The fourth-order valence-corrected chi connectivity index (χ4v) is 1.29. The maximum atomic E-state index is 11.0. The second-order valence-electron chi connectivity index (χ2n) is 3.94. The van der Waals surface area contributed by atoms with E-state index in [1.165, 1.54) is 0 Å². The molecule has 0 aliphatic carbocycles.